The fourth-order valence-corrected chi connectivity index (χ4v) is 4.92. The lowest BCUT2D eigenvalue weighted by Crippen LogP contribution is -2.44. The van der Waals surface area contributed by atoms with E-state index in [9.17, 15) is 22.4 Å². The van der Waals surface area contributed by atoms with Crippen molar-refractivity contribution in [2.75, 3.05) is 6.61 Å². The summed E-state index contributed by atoms with van der Waals surface area (Å²) in [5, 5.41) is 0. The molecular weight excluding hydrogens is 352 g/mol. The predicted octanol–water partition coefficient (Wildman–Crippen LogP) is 4.93. The summed E-state index contributed by atoms with van der Waals surface area (Å²) in [5.74, 6) is -3.16. The van der Waals surface area contributed by atoms with Crippen LogP contribution in [0.15, 0.2) is 0 Å². The third-order valence-electron chi connectivity index (χ3n) is 5.65. The minimum atomic E-state index is -4.87. The van der Waals surface area contributed by atoms with Crippen LogP contribution in [-0.4, -0.2) is 36.6 Å². The van der Waals surface area contributed by atoms with Gasteiger partial charge in [0.1, 0.15) is 5.60 Å². The highest BCUT2D eigenvalue weighted by atomic mass is 19.4. The molecule has 2 aliphatic rings. The number of esters is 1. The molecule has 2 bridgehead atoms. The van der Waals surface area contributed by atoms with Crippen LogP contribution in [0.4, 0.5) is 17.6 Å². The SMILES string of the molecule is CCOC(C)CC1C2CC(CC2C(=O)OC(C)(C)C)C1C(F)C(F)(F)F. The molecule has 0 radical (unpaired) electrons. The lowest BCUT2D eigenvalue weighted by atomic mass is 9.70. The molecule has 0 aromatic carbocycles. The molecule has 3 nitrogen and oxygen atoms in total. The van der Waals surface area contributed by atoms with Crippen molar-refractivity contribution >= 4 is 5.97 Å². The quantitative estimate of drug-likeness (QED) is 0.483. The molecule has 0 aromatic rings. The second-order valence-corrected chi connectivity index (χ2v) is 8.72. The molecule has 7 unspecified atom stereocenters. The monoisotopic (exact) mass is 382 g/mol. The highest BCUT2D eigenvalue weighted by molar-refractivity contribution is 5.74. The van der Waals surface area contributed by atoms with Gasteiger partial charge in [0.15, 0.2) is 6.17 Å². The van der Waals surface area contributed by atoms with Crippen molar-refractivity contribution in [2.24, 2.45) is 29.6 Å². The Morgan fingerprint density at radius 2 is 1.81 bits per heavy atom. The molecule has 152 valence electrons. The number of hydrogen-bond donors (Lipinski definition) is 0. The summed E-state index contributed by atoms with van der Waals surface area (Å²) in [6.45, 7) is 9.33. The van der Waals surface area contributed by atoms with E-state index in [1.54, 1.807) is 27.7 Å². The van der Waals surface area contributed by atoms with E-state index >= 15 is 0 Å². The van der Waals surface area contributed by atoms with Gasteiger partial charge in [0.05, 0.1) is 12.0 Å². The van der Waals surface area contributed by atoms with Crippen molar-refractivity contribution in [1.82, 2.24) is 0 Å². The molecule has 0 spiro atoms. The minimum Gasteiger partial charge on any atom is -0.460 e. The smallest absolute Gasteiger partial charge is 0.419 e. The van der Waals surface area contributed by atoms with Crippen LogP contribution in [0.3, 0.4) is 0 Å². The maximum atomic E-state index is 14.3. The molecule has 0 saturated heterocycles. The molecule has 26 heavy (non-hydrogen) atoms. The maximum Gasteiger partial charge on any atom is 0.419 e. The van der Waals surface area contributed by atoms with Gasteiger partial charge >= 0.3 is 12.1 Å². The minimum absolute atomic E-state index is 0.272. The van der Waals surface area contributed by atoms with E-state index in [1.165, 1.54) is 0 Å². The lowest BCUT2D eigenvalue weighted by molar-refractivity contribution is -0.207. The number of carbonyl (C=O) groups excluding carboxylic acids is 1. The van der Waals surface area contributed by atoms with Crippen LogP contribution in [0.5, 0.6) is 0 Å². The molecule has 0 amide bonds. The molecule has 0 aromatic heterocycles. The van der Waals surface area contributed by atoms with Gasteiger partial charge in [-0.2, -0.15) is 13.2 Å². The first-order valence-corrected chi connectivity index (χ1v) is 9.40. The summed E-state index contributed by atoms with van der Waals surface area (Å²) in [7, 11) is 0. The van der Waals surface area contributed by atoms with Crippen LogP contribution < -0.4 is 0 Å². The Balaban J connectivity index is 2.20. The van der Waals surface area contributed by atoms with Gasteiger partial charge in [-0.05, 0) is 71.6 Å². The van der Waals surface area contributed by atoms with E-state index in [-0.39, 0.29) is 24.4 Å². The second kappa shape index (κ2) is 7.64. The highest BCUT2D eigenvalue weighted by Crippen LogP contribution is 2.60. The van der Waals surface area contributed by atoms with Crippen LogP contribution in [-0.2, 0) is 14.3 Å². The first-order valence-electron chi connectivity index (χ1n) is 9.40. The van der Waals surface area contributed by atoms with E-state index < -0.39 is 41.6 Å². The average Bonchev–Trinajstić information content (AvgIpc) is 3.02. The van der Waals surface area contributed by atoms with Crippen LogP contribution in [0, 0.1) is 29.6 Å². The second-order valence-electron chi connectivity index (χ2n) is 8.72. The van der Waals surface area contributed by atoms with Crippen molar-refractivity contribution < 1.29 is 31.8 Å². The summed E-state index contributed by atoms with van der Waals surface area (Å²) in [4.78, 5) is 12.5. The third kappa shape index (κ3) is 4.70. The van der Waals surface area contributed by atoms with Gasteiger partial charge < -0.3 is 9.47 Å². The molecule has 2 rings (SSSR count). The molecule has 0 N–H and O–H groups in total. The first-order chi connectivity index (χ1) is 11.8. The Bertz CT molecular complexity index is 500. The van der Waals surface area contributed by atoms with Crippen LogP contribution >= 0.6 is 0 Å². The Hall–Kier alpha value is -0.850. The van der Waals surface area contributed by atoms with Gasteiger partial charge in [0.2, 0.25) is 0 Å². The molecule has 0 heterocycles. The summed E-state index contributed by atoms with van der Waals surface area (Å²) in [6, 6.07) is 0. The van der Waals surface area contributed by atoms with Crippen molar-refractivity contribution in [3.05, 3.63) is 0 Å². The molecule has 0 aliphatic heterocycles. The molecule has 2 saturated carbocycles. The fourth-order valence-electron chi connectivity index (χ4n) is 4.92. The number of halogens is 4. The average molecular weight is 382 g/mol. The van der Waals surface area contributed by atoms with Crippen molar-refractivity contribution in [1.29, 1.82) is 0 Å². The number of hydrogen-bond acceptors (Lipinski definition) is 3. The van der Waals surface area contributed by atoms with E-state index in [4.69, 9.17) is 9.47 Å². The van der Waals surface area contributed by atoms with E-state index in [0.717, 1.165) is 0 Å². The topological polar surface area (TPSA) is 35.5 Å². The molecule has 2 fully saturated rings. The number of carbonyl (C=O) groups is 1. The number of rotatable bonds is 6. The predicted molar refractivity (Wildman–Crippen MR) is 89.2 cm³/mol. The Morgan fingerprint density at radius 3 is 2.31 bits per heavy atom. The highest BCUT2D eigenvalue weighted by Gasteiger charge is 2.62. The van der Waals surface area contributed by atoms with Crippen molar-refractivity contribution in [3.8, 4) is 0 Å². The largest absolute Gasteiger partial charge is 0.460 e. The van der Waals surface area contributed by atoms with Crippen LogP contribution in [0.25, 0.3) is 0 Å². The van der Waals surface area contributed by atoms with Crippen molar-refractivity contribution in [2.45, 2.75) is 77.9 Å². The summed E-state index contributed by atoms with van der Waals surface area (Å²) in [6.07, 6.45) is -6.93. The van der Waals surface area contributed by atoms with E-state index in [2.05, 4.69) is 0 Å². The van der Waals surface area contributed by atoms with Gasteiger partial charge in [-0.15, -0.1) is 0 Å². The molecule has 2 aliphatic carbocycles. The number of ether oxygens (including phenoxy) is 2. The normalized spacial score (nSPS) is 34.0. The molecule has 7 atom stereocenters. The zero-order chi connectivity index (χ0) is 19.9. The third-order valence-corrected chi connectivity index (χ3v) is 5.65. The van der Waals surface area contributed by atoms with Crippen molar-refractivity contribution in [3.63, 3.8) is 0 Å². The van der Waals surface area contributed by atoms with Gasteiger partial charge in [0.25, 0.3) is 0 Å². The number of alkyl halides is 4. The van der Waals surface area contributed by atoms with Gasteiger partial charge in [-0.1, -0.05) is 0 Å². The Labute approximate surface area is 152 Å². The van der Waals surface area contributed by atoms with Gasteiger partial charge in [-0.25, -0.2) is 4.39 Å². The zero-order valence-corrected chi connectivity index (χ0v) is 16.1. The van der Waals surface area contributed by atoms with Crippen LogP contribution in [0.2, 0.25) is 0 Å². The van der Waals surface area contributed by atoms with E-state index in [1.807, 2.05) is 6.92 Å². The van der Waals surface area contributed by atoms with Crippen LogP contribution in [0.1, 0.15) is 53.9 Å². The Morgan fingerprint density at radius 1 is 1.19 bits per heavy atom. The fraction of sp³-hybridized carbons (Fsp3) is 0.947. The molecule has 7 heteroatoms. The standard InChI is InChI=1S/C19H30F4O3/c1-6-25-10(2)7-13-12-8-11(15(13)16(20)19(21,22)23)9-14(12)17(24)26-18(3,4)5/h10-16H,6-9H2,1-5H3. The Kier molecular flexibility index (Phi) is 6.31. The van der Waals surface area contributed by atoms with Gasteiger partial charge in [-0.3, -0.25) is 4.79 Å². The lowest BCUT2D eigenvalue weighted by Gasteiger charge is -2.38. The zero-order valence-electron chi connectivity index (χ0n) is 16.1. The maximum absolute atomic E-state index is 14.3. The summed E-state index contributed by atoms with van der Waals surface area (Å²) in [5.41, 5.74) is -0.652. The first kappa shape index (κ1) is 21.5. The summed E-state index contributed by atoms with van der Waals surface area (Å²) >= 11 is 0. The van der Waals surface area contributed by atoms with E-state index in [0.29, 0.717) is 19.4 Å². The summed E-state index contributed by atoms with van der Waals surface area (Å²) < 4.78 is 64.4. The number of fused-ring (bicyclic) bond motifs is 2. The molecular formula is C19H30F4O3. The van der Waals surface area contributed by atoms with Gasteiger partial charge in [0, 0.05) is 12.5 Å².